The van der Waals surface area contributed by atoms with Crippen molar-refractivity contribution < 1.29 is 5.11 Å². The van der Waals surface area contributed by atoms with Crippen molar-refractivity contribution in [1.82, 2.24) is 10.2 Å². The molecule has 1 aliphatic heterocycles. The van der Waals surface area contributed by atoms with E-state index in [2.05, 4.69) is 17.1 Å². The highest BCUT2D eigenvalue weighted by Crippen LogP contribution is 2.14. The van der Waals surface area contributed by atoms with Crippen LogP contribution in [0.3, 0.4) is 0 Å². The minimum Gasteiger partial charge on any atom is -0.395 e. The third-order valence-corrected chi connectivity index (χ3v) is 3.39. The molecule has 0 aromatic carbocycles. The largest absolute Gasteiger partial charge is 0.395 e. The predicted octanol–water partition coefficient (Wildman–Crippen LogP) is 2.82. The van der Waals surface area contributed by atoms with Crippen molar-refractivity contribution >= 4 is 0 Å². The quantitative estimate of drug-likeness (QED) is 0.576. The Hall–Kier alpha value is -0.700. The fourth-order valence-electron chi connectivity index (χ4n) is 2.34. The normalized spacial score (nSPS) is 18.7. The number of aliphatic hydroxyl groups is 1. The van der Waals surface area contributed by atoms with Gasteiger partial charge >= 0.3 is 0 Å². The molecular formula is C14H28N2O. The average molecular weight is 240 g/mol. The van der Waals surface area contributed by atoms with Crippen molar-refractivity contribution in [3.63, 3.8) is 0 Å². The maximum Gasteiger partial charge on any atom is 0.0982 e. The van der Waals surface area contributed by atoms with Crippen molar-refractivity contribution in [2.24, 2.45) is 0 Å². The Morgan fingerprint density at radius 1 is 1.12 bits per heavy atom. The molecule has 0 aromatic heterocycles. The molecule has 0 saturated carbocycles. The first-order valence-corrected chi connectivity index (χ1v) is 7.17. The van der Waals surface area contributed by atoms with Crippen LogP contribution >= 0.6 is 0 Å². The number of hydrogen-bond donors (Lipinski definition) is 2. The van der Waals surface area contributed by atoms with E-state index in [4.69, 9.17) is 5.11 Å². The first-order chi connectivity index (χ1) is 8.38. The van der Waals surface area contributed by atoms with Crippen molar-refractivity contribution in [2.75, 3.05) is 13.2 Å². The third kappa shape index (κ3) is 5.97. The van der Waals surface area contributed by atoms with Crippen molar-refractivity contribution in [3.8, 4) is 0 Å². The SMILES string of the molecule is CCCCCCCCCC1NC=CN1CCO. The zero-order valence-electron chi connectivity index (χ0n) is 11.2. The lowest BCUT2D eigenvalue weighted by Crippen LogP contribution is -2.36. The van der Waals surface area contributed by atoms with E-state index in [1.54, 1.807) is 0 Å². The summed E-state index contributed by atoms with van der Waals surface area (Å²) in [5, 5.41) is 12.3. The van der Waals surface area contributed by atoms with Crippen LogP contribution in [0.4, 0.5) is 0 Å². The maximum atomic E-state index is 8.93. The molecule has 0 fully saturated rings. The molecule has 1 atom stereocenters. The van der Waals surface area contributed by atoms with Gasteiger partial charge in [-0.1, -0.05) is 45.4 Å². The van der Waals surface area contributed by atoms with Crippen LogP contribution in [0.15, 0.2) is 12.4 Å². The van der Waals surface area contributed by atoms with E-state index in [1.807, 2.05) is 12.4 Å². The van der Waals surface area contributed by atoms with Crippen LogP contribution in [-0.4, -0.2) is 29.3 Å². The van der Waals surface area contributed by atoms with Crippen LogP contribution in [0.1, 0.15) is 58.3 Å². The molecule has 17 heavy (non-hydrogen) atoms. The van der Waals surface area contributed by atoms with Gasteiger partial charge in [0.15, 0.2) is 0 Å². The van der Waals surface area contributed by atoms with E-state index >= 15 is 0 Å². The molecule has 3 heteroatoms. The molecule has 1 aliphatic rings. The summed E-state index contributed by atoms with van der Waals surface area (Å²) in [4.78, 5) is 2.19. The highest BCUT2D eigenvalue weighted by molar-refractivity contribution is 4.93. The molecule has 1 rings (SSSR count). The zero-order chi connectivity index (χ0) is 12.3. The van der Waals surface area contributed by atoms with Gasteiger partial charge in [-0.15, -0.1) is 0 Å². The minimum absolute atomic E-state index is 0.236. The van der Waals surface area contributed by atoms with Gasteiger partial charge in [0.2, 0.25) is 0 Å². The second kappa shape index (κ2) is 9.34. The van der Waals surface area contributed by atoms with Gasteiger partial charge < -0.3 is 15.3 Å². The molecule has 2 N–H and O–H groups in total. The zero-order valence-corrected chi connectivity index (χ0v) is 11.2. The van der Waals surface area contributed by atoms with Crippen molar-refractivity contribution in [2.45, 2.75) is 64.5 Å². The molecule has 3 nitrogen and oxygen atoms in total. The van der Waals surface area contributed by atoms with E-state index in [1.165, 1.54) is 51.4 Å². The number of nitrogens with zero attached hydrogens (tertiary/aromatic N) is 1. The van der Waals surface area contributed by atoms with Crippen molar-refractivity contribution in [3.05, 3.63) is 12.4 Å². The molecule has 0 aromatic rings. The van der Waals surface area contributed by atoms with Gasteiger partial charge in [0.05, 0.1) is 12.8 Å². The van der Waals surface area contributed by atoms with Gasteiger partial charge in [0.1, 0.15) is 0 Å². The second-order valence-corrected chi connectivity index (χ2v) is 4.87. The van der Waals surface area contributed by atoms with Crippen molar-refractivity contribution in [1.29, 1.82) is 0 Å². The summed E-state index contributed by atoms with van der Waals surface area (Å²) in [5.41, 5.74) is 0. The molecule has 0 aliphatic carbocycles. The molecule has 100 valence electrons. The van der Waals surface area contributed by atoms with Crippen LogP contribution < -0.4 is 5.32 Å². The summed E-state index contributed by atoms with van der Waals surface area (Å²) in [6.45, 7) is 3.23. The second-order valence-electron chi connectivity index (χ2n) is 4.87. The Bertz CT molecular complexity index is 206. The van der Waals surface area contributed by atoms with Crippen LogP contribution in [0.25, 0.3) is 0 Å². The Morgan fingerprint density at radius 2 is 1.82 bits per heavy atom. The fraction of sp³-hybridized carbons (Fsp3) is 0.857. The van der Waals surface area contributed by atoms with Gasteiger partial charge in [-0.05, 0) is 12.8 Å². The van der Waals surface area contributed by atoms with Gasteiger partial charge in [-0.25, -0.2) is 0 Å². The lowest BCUT2D eigenvalue weighted by atomic mass is 10.1. The van der Waals surface area contributed by atoms with Gasteiger partial charge in [-0.3, -0.25) is 0 Å². The Kier molecular flexibility index (Phi) is 7.89. The van der Waals surface area contributed by atoms with Gasteiger partial charge in [-0.2, -0.15) is 0 Å². The smallest absolute Gasteiger partial charge is 0.0982 e. The Labute approximate surface area is 106 Å². The van der Waals surface area contributed by atoms with Crippen LogP contribution in [0.2, 0.25) is 0 Å². The van der Waals surface area contributed by atoms with Crippen LogP contribution in [-0.2, 0) is 0 Å². The average Bonchev–Trinajstić information content (AvgIpc) is 2.76. The van der Waals surface area contributed by atoms with Crippen LogP contribution in [0, 0.1) is 0 Å². The summed E-state index contributed by atoms with van der Waals surface area (Å²) < 4.78 is 0. The molecular weight excluding hydrogens is 212 g/mol. The summed E-state index contributed by atoms with van der Waals surface area (Å²) in [7, 11) is 0. The first-order valence-electron chi connectivity index (χ1n) is 7.17. The summed E-state index contributed by atoms with van der Waals surface area (Å²) in [5.74, 6) is 0. The lowest BCUT2D eigenvalue weighted by molar-refractivity contribution is 0.194. The van der Waals surface area contributed by atoms with E-state index in [-0.39, 0.29) is 6.61 Å². The molecule has 1 unspecified atom stereocenters. The molecule has 0 amide bonds. The third-order valence-electron chi connectivity index (χ3n) is 3.39. The Morgan fingerprint density at radius 3 is 2.53 bits per heavy atom. The number of hydrogen-bond acceptors (Lipinski definition) is 3. The first kappa shape index (κ1) is 14.4. The standard InChI is InChI=1S/C14H28N2O/c1-2-3-4-5-6-7-8-9-14-15-10-11-16(14)12-13-17/h10-11,14-15,17H,2-9,12-13H2,1H3. The topological polar surface area (TPSA) is 35.5 Å². The number of β-amino-alcohol motifs (C(OH)–C–C–N with tert-alkyl or cyclic N) is 1. The minimum atomic E-state index is 0.236. The molecule has 0 spiro atoms. The molecule has 0 bridgehead atoms. The highest BCUT2D eigenvalue weighted by Gasteiger charge is 2.16. The van der Waals surface area contributed by atoms with E-state index in [9.17, 15) is 0 Å². The van der Waals surface area contributed by atoms with Gasteiger partial charge in [0, 0.05) is 18.9 Å². The number of unbranched alkanes of at least 4 members (excludes halogenated alkanes) is 6. The lowest BCUT2D eigenvalue weighted by Gasteiger charge is -2.24. The number of nitrogens with one attached hydrogen (secondary N) is 1. The van der Waals surface area contributed by atoms with Gasteiger partial charge in [0.25, 0.3) is 0 Å². The summed E-state index contributed by atoms with van der Waals surface area (Å²) in [6.07, 6.45) is 15.1. The summed E-state index contributed by atoms with van der Waals surface area (Å²) in [6, 6.07) is 0. The maximum absolute atomic E-state index is 8.93. The highest BCUT2D eigenvalue weighted by atomic mass is 16.3. The van der Waals surface area contributed by atoms with Crippen LogP contribution in [0.5, 0.6) is 0 Å². The van der Waals surface area contributed by atoms with E-state index < -0.39 is 0 Å². The van der Waals surface area contributed by atoms with E-state index in [0.717, 1.165) is 6.54 Å². The van der Waals surface area contributed by atoms with E-state index in [0.29, 0.717) is 6.17 Å². The predicted molar refractivity (Wildman–Crippen MR) is 72.5 cm³/mol. The summed E-state index contributed by atoms with van der Waals surface area (Å²) >= 11 is 0. The fourth-order valence-corrected chi connectivity index (χ4v) is 2.34. The molecule has 0 radical (unpaired) electrons. The molecule has 0 saturated heterocycles. The number of rotatable bonds is 10. The Balaban J connectivity index is 1.95. The monoisotopic (exact) mass is 240 g/mol. The number of aliphatic hydroxyl groups excluding tert-OH is 1. The molecule has 1 heterocycles.